The topological polar surface area (TPSA) is 49.9 Å². The quantitative estimate of drug-likeness (QED) is 0.874. The number of aromatic nitrogens is 2. The molecule has 25 heavy (non-hydrogen) atoms. The van der Waals surface area contributed by atoms with Crippen LogP contribution in [0.15, 0.2) is 12.1 Å². The smallest absolute Gasteiger partial charge is 0.136 e. The second kappa shape index (κ2) is 5.82. The molecule has 1 fully saturated rings. The zero-order valence-electron chi connectivity index (χ0n) is 16.2. The lowest BCUT2D eigenvalue weighted by Gasteiger charge is -2.57. The Morgan fingerprint density at radius 3 is 2.88 bits per heavy atom. The molecule has 2 heterocycles. The highest BCUT2D eigenvalue weighted by atomic mass is 16.5. The number of ether oxygens (including phenoxy) is 1. The lowest BCUT2D eigenvalue weighted by atomic mass is 9.51. The van der Waals surface area contributed by atoms with Crippen LogP contribution in [-0.4, -0.2) is 29.2 Å². The molecule has 1 aliphatic heterocycles. The first-order chi connectivity index (χ1) is 11.9. The summed E-state index contributed by atoms with van der Waals surface area (Å²) in [7, 11) is 0. The van der Waals surface area contributed by atoms with Crippen molar-refractivity contribution in [3.63, 3.8) is 0 Å². The molecule has 2 aliphatic rings. The van der Waals surface area contributed by atoms with Gasteiger partial charge in [-0.3, -0.25) is 0 Å². The van der Waals surface area contributed by atoms with Crippen LogP contribution in [0.2, 0.25) is 0 Å². The number of imidazole rings is 1. The average molecular weight is 341 g/mol. The van der Waals surface area contributed by atoms with E-state index in [0.29, 0.717) is 6.04 Å². The number of H-pyrrole nitrogens is 1. The van der Waals surface area contributed by atoms with Gasteiger partial charge in [0.25, 0.3) is 0 Å². The highest BCUT2D eigenvalue weighted by Crippen LogP contribution is 2.54. The molecule has 1 aliphatic carbocycles. The van der Waals surface area contributed by atoms with Gasteiger partial charge in [0.2, 0.25) is 0 Å². The molecule has 2 N–H and O–H groups in total. The van der Waals surface area contributed by atoms with Gasteiger partial charge in [0.1, 0.15) is 11.9 Å². The second-order valence-electron chi connectivity index (χ2n) is 8.68. The molecule has 1 unspecified atom stereocenters. The molecule has 3 atom stereocenters. The van der Waals surface area contributed by atoms with Crippen molar-refractivity contribution in [3.8, 4) is 0 Å². The predicted molar refractivity (Wildman–Crippen MR) is 102 cm³/mol. The molecule has 4 nitrogen and oxygen atoms in total. The van der Waals surface area contributed by atoms with Gasteiger partial charge in [-0.2, -0.15) is 0 Å². The number of hydrogen-bond acceptors (Lipinski definition) is 3. The monoisotopic (exact) mass is 341 g/mol. The first-order valence-corrected chi connectivity index (χ1v) is 9.75. The van der Waals surface area contributed by atoms with Gasteiger partial charge in [-0.25, -0.2) is 4.98 Å². The van der Waals surface area contributed by atoms with E-state index in [0.717, 1.165) is 42.9 Å². The van der Waals surface area contributed by atoms with Crippen LogP contribution >= 0.6 is 0 Å². The third-order valence-corrected chi connectivity index (χ3v) is 7.01. The van der Waals surface area contributed by atoms with Crippen molar-refractivity contribution in [1.29, 1.82) is 0 Å². The van der Waals surface area contributed by atoms with Crippen LogP contribution in [0.25, 0.3) is 11.0 Å². The number of fused-ring (bicyclic) bond motifs is 5. The van der Waals surface area contributed by atoms with E-state index in [1.54, 1.807) is 0 Å². The van der Waals surface area contributed by atoms with Gasteiger partial charge in [-0.1, -0.05) is 27.7 Å². The van der Waals surface area contributed by atoms with Crippen LogP contribution in [0.5, 0.6) is 0 Å². The Kier molecular flexibility index (Phi) is 3.97. The summed E-state index contributed by atoms with van der Waals surface area (Å²) in [5, 5.41) is 3.75. The predicted octanol–water partition coefficient (Wildman–Crippen LogP) is 4.25. The number of piperidine rings is 1. The Morgan fingerprint density at radius 1 is 1.32 bits per heavy atom. The van der Waals surface area contributed by atoms with Crippen molar-refractivity contribution in [2.24, 2.45) is 5.41 Å². The van der Waals surface area contributed by atoms with Crippen molar-refractivity contribution in [3.05, 3.63) is 29.1 Å². The molecule has 4 rings (SSSR count). The lowest BCUT2D eigenvalue weighted by Crippen LogP contribution is -2.62. The number of hydrogen-bond donors (Lipinski definition) is 2. The maximum absolute atomic E-state index is 5.85. The summed E-state index contributed by atoms with van der Waals surface area (Å²) in [6.07, 6.45) is 3.32. The fourth-order valence-corrected chi connectivity index (χ4v) is 4.86. The van der Waals surface area contributed by atoms with Crippen molar-refractivity contribution in [1.82, 2.24) is 15.3 Å². The van der Waals surface area contributed by atoms with Gasteiger partial charge in [-0.15, -0.1) is 0 Å². The fourth-order valence-electron chi connectivity index (χ4n) is 4.86. The lowest BCUT2D eigenvalue weighted by molar-refractivity contribution is 0.0561. The third-order valence-electron chi connectivity index (χ3n) is 7.01. The van der Waals surface area contributed by atoms with Crippen LogP contribution in [-0.2, 0) is 16.6 Å². The van der Waals surface area contributed by atoms with E-state index in [1.165, 1.54) is 17.5 Å². The first-order valence-electron chi connectivity index (χ1n) is 9.75. The number of nitrogens with one attached hydrogen (secondary N) is 2. The molecule has 2 aromatic rings. The number of benzene rings is 1. The SMILES string of the molecule is CCCOC(C)c1nc2cc3c(cc2[nH]1)[C@]1(C)CCN[C@H](C3)C1(C)C. The average Bonchev–Trinajstić information content (AvgIpc) is 2.97. The Morgan fingerprint density at radius 2 is 2.12 bits per heavy atom. The van der Waals surface area contributed by atoms with Crippen molar-refractivity contribution in [2.75, 3.05) is 13.2 Å². The van der Waals surface area contributed by atoms with Gasteiger partial charge in [0, 0.05) is 18.1 Å². The van der Waals surface area contributed by atoms with E-state index < -0.39 is 0 Å². The summed E-state index contributed by atoms with van der Waals surface area (Å²) in [5.74, 6) is 0.941. The standard InChI is InChI=1S/C21H31N3O/c1-6-9-25-13(2)19-23-16-10-14-11-18-20(3,4)21(5,7-8-22-18)15(14)12-17(16)24-19/h10,12-13,18,22H,6-9,11H2,1-5H3,(H,23,24)/t13?,18-,21+/m1/s1. The van der Waals surface area contributed by atoms with Crippen LogP contribution in [0.1, 0.15) is 70.5 Å². The minimum absolute atomic E-state index is 0.0114. The minimum Gasteiger partial charge on any atom is -0.371 e. The number of aromatic amines is 1. The second-order valence-corrected chi connectivity index (χ2v) is 8.68. The Bertz CT molecular complexity index is 794. The fraction of sp³-hybridized carbons (Fsp3) is 0.667. The van der Waals surface area contributed by atoms with Crippen LogP contribution in [0.4, 0.5) is 0 Å². The first kappa shape index (κ1) is 17.0. The molecule has 1 saturated heterocycles. The molecule has 0 amide bonds. The zero-order chi connectivity index (χ0) is 17.8. The molecule has 1 aromatic heterocycles. The molecule has 0 radical (unpaired) electrons. The van der Waals surface area contributed by atoms with Crippen molar-refractivity contribution >= 4 is 11.0 Å². The largest absolute Gasteiger partial charge is 0.371 e. The van der Waals surface area contributed by atoms with Gasteiger partial charge >= 0.3 is 0 Å². The molecule has 1 aromatic carbocycles. The highest BCUT2D eigenvalue weighted by molar-refractivity contribution is 5.78. The maximum atomic E-state index is 5.85. The molecule has 4 heteroatoms. The summed E-state index contributed by atoms with van der Waals surface area (Å²) in [4.78, 5) is 8.35. The van der Waals surface area contributed by atoms with Crippen LogP contribution < -0.4 is 5.32 Å². The summed E-state index contributed by atoms with van der Waals surface area (Å²) < 4.78 is 5.85. The van der Waals surface area contributed by atoms with Gasteiger partial charge < -0.3 is 15.0 Å². The molecule has 0 spiro atoms. The number of nitrogens with zero attached hydrogens (tertiary/aromatic N) is 1. The third kappa shape index (κ3) is 2.45. The van der Waals surface area contributed by atoms with E-state index in [1.807, 2.05) is 0 Å². The summed E-state index contributed by atoms with van der Waals surface area (Å²) in [5.41, 5.74) is 5.66. The van der Waals surface area contributed by atoms with E-state index in [-0.39, 0.29) is 16.9 Å². The van der Waals surface area contributed by atoms with Gasteiger partial charge in [0.05, 0.1) is 11.0 Å². The van der Waals surface area contributed by atoms with Crippen LogP contribution in [0.3, 0.4) is 0 Å². The van der Waals surface area contributed by atoms with Gasteiger partial charge in [0.15, 0.2) is 0 Å². The Balaban J connectivity index is 1.78. The van der Waals surface area contributed by atoms with E-state index in [9.17, 15) is 0 Å². The Labute approximate surface area is 150 Å². The molecular formula is C21H31N3O. The highest BCUT2D eigenvalue weighted by Gasteiger charge is 2.53. The van der Waals surface area contributed by atoms with Gasteiger partial charge in [-0.05, 0) is 61.4 Å². The minimum atomic E-state index is 0.0114. The van der Waals surface area contributed by atoms with Crippen molar-refractivity contribution < 1.29 is 4.74 Å². The van der Waals surface area contributed by atoms with Crippen molar-refractivity contribution in [2.45, 2.75) is 71.4 Å². The maximum Gasteiger partial charge on any atom is 0.136 e. The number of rotatable bonds is 4. The molecule has 0 saturated carbocycles. The summed E-state index contributed by atoms with van der Waals surface area (Å²) in [6, 6.07) is 5.23. The molecular weight excluding hydrogens is 310 g/mol. The Hall–Kier alpha value is -1.39. The summed E-state index contributed by atoms with van der Waals surface area (Å²) >= 11 is 0. The van der Waals surface area contributed by atoms with E-state index in [4.69, 9.17) is 9.72 Å². The molecule has 136 valence electrons. The molecule has 2 bridgehead atoms. The van der Waals surface area contributed by atoms with E-state index >= 15 is 0 Å². The summed E-state index contributed by atoms with van der Waals surface area (Å²) in [6.45, 7) is 13.4. The van der Waals surface area contributed by atoms with E-state index in [2.05, 4.69) is 57.1 Å². The van der Waals surface area contributed by atoms with Crippen LogP contribution in [0, 0.1) is 5.41 Å². The zero-order valence-corrected chi connectivity index (χ0v) is 16.2. The normalized spacial score (nSPS) is 28.8.